The van der Waals surface area contributed by atoms with Gasteiger partial charge >= 0.3 is 39.5 Å². The first-order valence-electron chi connectivity index (χ1n) is 42.3. The third-order valence-corrected chi connectivity index (χ3v) is 18.6. The molecule has 0 aliphatic rings. The van der Waals surface area contributed by atoms with Crippen LogP contribution in [-0.4, -0.2) is 96.7 Å². The average molecular weight is 1600 g/mol. The molecule has 0 radical (unpaired) electrons. The number of carbonyl (C=O) groups excluding carboxylic acids is 4. The van der Waals surface area contributed by atoms with Crippen LogP contribution in [0.15, 0.2) is 207 Å². The second-order valence-corrected chi connectivity index (χ2v) is 30.1. The van der Waals surface area contributed by atoms with E-state index in [0.717, 1.165) is 212 Å². The van der Waals surface area contributed by atoms with Crippen LogP contribution in [0.3, 0.4) is 0 Å². The first-order valence-corrected chi connectivity index (χ1v) is 45.3. The third-order valence-electron chi connectivity index (χ3n) is 16.7. The van der Waals surface area contributed by atoms with E-state index in [0.29, 0.717) is 32.1 Å². The van der Waals surface area contributed by atoms with Crippen LogP contribution in [0.2, 0.25) is 0 Å². The number of aliphatic hydroxyl groups excluding tert-OH is 1. The normalized spacial score (nSPS) is 14.8. The summed E-state index contributed by atoms with van der Waals surface area (Å²) in [4.78, 5) is 73.3. The summed E-state index contributed by atoms with van der Waals surface area (Å²) < 4.78 is 68.7. The Balaban J connectivity index is 5.51. The van der Waals surface area contributed by atoms with Gasteiger partial charge in [0.1, 0.15) is 19.3 Å². The summed E-state index contributed by atoms with van der Waals surface area (Å²) in [5, 5.41) is 10.7. The van der Waals surface area contributed by atoms with Gasteiger partial charge in [0.05, 0.1) is 26.4 Å². The lowest BCUT2D eigenvalue weighted by molar-refractivity contribution is -0.161. The molecule has 0 aliphatic carbocycles. The predicted octanol–water partition coefficient (Wildman–Crippen LogP) is 25.4. The number of hydrogen-bond acceptors (Lipinski definition) is 15. The Morgan fingerprint density at radius 2 is 0.446 bits per heavy atom. The highest BCUT2D eigenvalue weighted by Crippen LogP contribution is 2.45. The number of allylic oxidation sites excluding steroid dienone is 34. The van der Waals surface area contributed by atoms with E-state index in [1.54, 1.807) is 0 Å². The van der Waals surface area contributed by atoms with Crippen LogP contribution in [-0.2, 0) is 65.4 Å². The first kappa shape index (κ1) is 106. The molecule has 0 fully saturated rings. The van der Waals surface area contributed by atoms with Gasteiger partial charge in [-0.3, -0.25) is 37.3 Å². The topological polar surface area (TPSA) is 237 Å². The van der Waals surface area contributed by atoms with Gasteiger partial charge in [-0.1, -0.05) is 298 Å². The number of phosphoric ester groups is 2. The van der Waals surface area contributed by atoms with Crippen molar-refractivity contribution in [3.8, 4) is 0 Å². The number of carbonyl (C=O) groups is 4. The minimum Gasteiger partial charge on any atom is -0.462 e. The van der Waals surface area contributed by atoms with E-state index in [2.05, 4.69) is 222 Å². The number of esters is 4. The quantitative estimate of drug-likeness (QED) is 0.0169. The molecular formula is C93H148O17P2. The maximum absolute atomic E-state index is 13.2. The number of unbranched alkanes of at least 4 members (excludes halogenated alkanes) is 17. The Hall–Kier alpha value is -6.36. The van der Waals surface area contributed by atoms with Crippen molar-refractivity contribution in [3.05, 3.63) is 207 Å². The van der Waals surface area contributed by atoms with Crippen molar-refractivity contribution in [3.63, 3.8) is 0 Å². The molecule has 112 heavy (non-hydrogen) atoms. The molecule has 0 rings (SSSR count). The standard InChI is InChI=1S/C93H148O17P2/c1-5-9-13-17-21-25-29-33-37-41-43-47-49-53-57-61-65-69-73-77-90(95)103-83-88(109-92(97)79-75-71-67-63-59-55-51-45-39-35-31-27-23-19-15-11-7-3)85-107-111(99,100)105-81-87(94)82-106-112(101,102)108-86-89(110-93(98)80-76-72-68-64-60-56-52-46-40-36-32-28-24-20-16-12-8-4)84-104-91(96)78-74-70-66-62-58-54-50-48-44-42-38-34-30-26-22-18-14-10-6-2/h9-16,21-28,33-40,43-44,47-48,51,53,55,57,63,67,87-89,94H,5-8,17-20,29-32,41-42,45-46,49-50,52,54,56,58-62,64-66,68-86H2,1-4H3,(H,99,100)(H,101,102)/b13-9-,14-10-,15-11-,16-12-,25-21-,26-22-,27-23-,28-24-,37-33-,38-34-,39-35-,40-36-,47-43-,48-44-,55-51-,57-53-,67-63-. The summed E-state index contributed by atoms with van der Waals surface area (Å²) in [7, 11) is -10.0. The highest BCUT2D eigenvalue weighted by atomic mass is 31.2. The number of hydrogen-bond donors (Lipinski definition) is 3. The van der Waals surface area contributed by atoms with Gasteiger partial charge < -0.3 is 33.8 Å². The minimum atomic E-state index is -5.02. The summed E-state index contributed by atoms with van der Waals surface area (Å²) in [5.41, 5.74) is 0. The summed E-state index contributed by atoms with van der Waals surface area (Å²) in [6, 6.07) is 0. The maximum Gasteiger partial charge on any atom is 0.472 e. The molecule has 0 aliphatic heterocycles. The molecule has 0 saturated carbocycles. The van der Waals surface area contributed by atoms with Crippen LogP contribution in [0.5, 0.6) is 0 Å². The zero-order valence-electron chi connectivity index (χ0n) is 69.3. The molecule has 0 aromatic rings. The minimum absolute atomic E-state index is 0.000195. The van der Waals surface area contributed by atoms with Crippen molar-refractivity contribution < 1.29 is 80.2 Å². The van der Waals surface area contributed by atoms with Gasteiger partial charge in [0.25, 0.3) is 0 Å². The van der Waals surface area contributed by atoms with Crippen LogP contribution in [0, 0.1) is 0 Å². The van der Waals surface area contributed by atoms with E-state index < -0.39 is 97.5 Å². The van der Waals surface area contributed by atoms with E-state index in [-0.39, 0.29) is 25.7 Å². The van der Waals surface area contributed by atoms with Gasteiger partial charge in [-0.15, -0.1) is 0 Å². The first-order chi connectivity index (χ1) is 54.7. The molecule has 0 spiro atoms. The van der Waals surface area contributed by atoms with Gasteiger partial charge in [0.15, 0.2) is 12.2 Å². The zero-order valence-corrected chi connectivity index (χ0v) is 71.0. The Kier molecular flexibility index (Phi) is 77.9. The fraction of sp³-hybridized carbons (Fsp3) is 0.591. The van der Waals surface area contributed by atoms with Crippen LogP contribution >= 0.6 is 15.6 Å². The molecule has 5 atom stereocenters. The summed E-state index contributed by atoms with van der Waals surface area (Å²) >= 11 is 0. The lowest BCUT2D eigenvalue weighted by Gasteiger charge is -2.21. The van der Waals surface area contributed by atoms with Crippen molar-refractivity contribution in [2.45, 2.75) is 316 Å². The van der Waals surface area contributed by atoms with Crippen molar-refractivity contribution in [1.29, 1.82) is 0 Å². The largest absolute Gasteiger partial charge is 0.472 e. The summed E-state index contributed by atoms with van der Waals surface area (Å²) in [6.07, 6.45) is 104. The molecule has 17 nitrogen and oxygen atoms in total. The average Bonchev–Trinajstić information content (AvgIpc) is 0.895. The van der Waals surface area contributed by atoms with E-state index >= 15 is 0 Å². The fourth-order valence-corrected chi connectivity index (χ4v) is 12.0. The van der Waals surface area contributed by atoms with Gasteiger partial charge in [0.2, 0.25) is 0 Å². The SMILES string of the molecule is CC/C=C\C/C=C\C/C=C\C/C=C\C/C=C\CCCCCC(=O)OCC(COP(=O)(O)OCC(O)COP(=O)(O)OCC(COC(=O)CCCCCCCC/C=C\C/C=C\C/C=C\C/C=C\CC)OC(=O)CCCCCCCCC/C=C\C/C=C\C/C=C\CC)OC(=O)CCC/C=C\C/C=C\C/C=C\C/C=C\C/C=C\CC. The number of phosphoric acid groups is 2. The lowest BCUT2D eigenvalue weighted by atomic mass is 10.1. The van der Waals surface area contributed by atoms with E-state index in [4.69, 9.17) is 37.0 Å². The Morgan fingerprint density at radius 3 is 0.714 bits per heavy atom. The predicted molar refractivity (Wildman–Crippen MR) is 463 cm³/mol. The zero-order chi connectivity index (χ0) is 81.7. The van der Waals surface area contributed by atoms with Crippen molar-refractivity contribution in [2.24, 2.45) is 0 Å². The monoisotopic (exact) mass is 1600 g/mol. The molecule has 0 saturated heterocycles. The Labute approximate surface area is 678 Å². The van der Waals surface area contributed by atoms with Gasteiger partial charge in [-0.2, -0.15) is 0 Å². The van der Waals surface area contributed by atoms with Crippen LogP contribution in [0.25, 0.3) is 0 Å². The second-order valence-electron chi connectivity index (χ2n) is 27.2. The smallest absolute Gasteiger partial charge is 0.462 e. The number of ether oxygens (including phenoxy) is 4. The second kappa shape index (κ2) is 82.6. The van der Waals surface area contributed by atoms with Crippen LogP contribution in [0.4, 0.5) is 0 Å². The van der Waals surface area contributed by atoms with Crippen molar-refractivity contribution in [1.82, 2.24) is 0 Å². The summed E-state index contributed by atoms with van der Waals surface area (Å²) in [6.45, 7) is 4.29. The Bertz CT molecular complexity index is 2940. The summed E-state index contributed by atoms with van der Waals surface area (Å²) in [5.74, 6) is -2.32. The van der Waals surface area contributed by atoms with E-state index in [1.807, 2.05) is 12.2 Å². The Morgan fingerprint density at radius 1 is 0.250 bits per heavy atom. The van der Waals surface area contributed by atoms with Crippen molar-refractivity contribution >= 4 is 39.5 Å². The van der Waals surface area contributed by atoms with E-state index in [1.165, 1.54) is 0 Å². The molecule has 0 aromatic heterocycles. The van der Waals surface area contributed by atoms with Gasteiger partial charge in [0, 0.05) is 25.7 Å². The molecular weight excluding hydrogens is 1450 g/mol. The van der Waals surface area contributed by atoms with Gasteiger partial charge in [-0.05, 0) is 180 Å². The fourth-order valence-electron chi connectivity index (χ4n) is 10.5. The molecule has 0 bridgehead atoms. The molecule has 0 amide bonds. The number of aliphatic hydroxyl groups is 1. The molecule has 5 unspecified atom stereocenters. The van der Waals surface area contributed by atoms with Crippen molar-refractivity contribution in [2.75, 3.05) is 39.6 Å². The van der Waals surface area contributed by atoms with Crippen LogP contribution < -0.4 is 0 Å². The van der Waals surface area contributed by atoms with E-state index in [9.17, 15) is 43.2 Å². The maximum atomic E-state index is 13.2. The van der Waals surface area contributed by atoms with Crippen LogP contribution in [0.1, 0.15) is 297 Å². The third kappa shape index (κ3) is 81.6. The molecule has 0 aromatic carbocycles. The highest BCUT2D eigenvalue weighted by Gasteiger charge is 2.30. The molecule has 3 N–H and O–H groups in total. The van der Waals surface area contributed by atoms with Gasteiger partial charge in [-0.25, -0.2) is 9.13 Å². The number of rotatable bonds is 77. The molecule has 632 valence electrons. The highest BCUT2D eigenvalue weighted by molar-refractivity contribution is 7.47. The lowest BCUT2D eigenvalue weighted by Crippen LogP contribution is -2.30. The molecule has 19 heteroatoms. The molecule has 0 heterocycles.